The SMILES string of the molecule is O=C(C1CCCc2nn(CC3(c4ccc(F)cc4)CC3)c(=O)n21)N1CCC(F)(F)C1. The molecule has 5 rings (SSSR count). The van der Waals surface area contributed by atoms with Gasteiger partial charge in [0.1, 0.15) is 17.7 Å². The molecular weight excluding hydrogens is 397 g/mol. The molecule has 1 aromatic carbocycles. The van der Waals surface area contributed by atoms with Gasteiger partial charge in [0.25, 0.3) is 5.92 Å². The number of aromatic nitrogens is 3. The molecule has 9 heteroatoms. The summed E-state index contributed by atoms with van der Waals surface area (Å²) in [6.07, 6.45) is 3.11. The van der Waals surface area contributed by atoms with E-state index in [-0.39, 0.29) is 29.9 Å². The summed E-state index contributed by atoms with van der Waals surface area (Å²) in [5.41, 5.74) is 0.342. The molecule has 0 radical (unpaired) electrons. The summed E-state index contributed by atoms with van der Waals surface area (Å²) < 4.78 is 43.2. The fourth-order valence-corrected chi connectivity index (χ4v) is 4.78. The van der Waals surface area contributed by atoms with E-state index in [0.717, 1.165) is 18.4 Å². The quantitative estimate of drug-likeness (QED) is 0.764. The third kappa shape index (κ3) is 3.24. The number of alkyl halides is 2. The zero-order valence-electron chi connectivity index (χ0n) is 16.5. The molecular formula is C21H23F3N4O2. The van der Waals surface area contributed by atoms with Gasteiger partial charge in [-0.2, -0.15) is 5.10 Å². The number of hydrogen-bond acceptors (Lipinski definition) is 3. The summed E-state index contributed by atoms with van der Waals surface area (Å²) in [5, 5.41) is 4.48. The van der Waals surface area contributed by atoms with Crippen molar-refractivity contribution in [3.05, 3.63) is 52.0 Å². The van der Waals surface area contributed by atoms with Gasteiger partial charge in [-0.1, -0.05) is 12.1 Å². The second-order valence-corrected chi connectivity index (χ2v) is 8.79. The molecule has 1 aromatic heterocycles. The van der Waals surface area contributed by atoms with Crippen molar-refractivity contribution in [1.29, 1.82) is 0 Å². The largest absolute Gasteiger partial charge is 0.346 e. The maximum atomic E-state index is 13.6. The third-order valence-corrected chi connectivity index (χ3v) is 6.66. The predicted octanol–water partition coefficient (Wildman–Crippen LogP) is 2.66. The van der Waals surface area contributed by atoms with Crippen LogP contribution in [0.4, 0.5) is 13.2 Å². The van der Waals surface area contributed by atoms with Crippen molar-refractivity contribution in [1.82, 2.24) is 19.2 Å². The lowest BCUT2D eigenvalue weighted by atomic mass is 9.96. The number of likely N-dealkylation sites (tertiary alicyclic amines) is 1. The van der Waals surface area contributed by atoms with Crippen LogP contribution >= 0.6 is 0 Å². The second-order valence-electron chi connectivity index (χ2n) is 8.79. The van der Waals surface area contributed by atoms with E-state index in [4.69, 9.17) is 0 Å². The zero-order valence-corrected chi connectivity index (χ0v) is 16.5. The molecule has 1 saturated carbocycles. The maximum absolute atomic E-state index is 13.6. The Labute approximate surface area is 171 Å². The average molecular weight is 420 g/mol. The van der Waals surface area contributed by atoms with Crippen molar-refractivity contribution in [2.45, 2.75) is 62.4 Å². The summed E-state index contributed by atoms with van der Waals surface area (Å²) >= 11 is 0. The van der Waals surface area contributed by atoms with E-state index in [0.29, 0.717) is 31.6 Å². The van der Waals surface area contributed by atoms with E-state index in [1.807, 2.05) is 0 Å². The van der Waals surface area contributed by atoms with Gasteiger partial charge in [0.2, 0.25) is 5.91 Å². The van der Waals surface area contributed by atoms with Crippen LogP contribution in [0.25, 0.3) is 0 Å². The number of rotatable bonds is 4. The first-order chi connectivity index (χ1) is 14.3. The van der Waals surface area contributed by atoms with Gasteiger partial charge < -0.3 is 4.90 Å². The van der Waals surface area contributed by atoms with Gasteiger partial charge in [-0.05, 0) is 43.4 Å². The van der Waals surface area contributed by atoms with E-state index in [2.05, 4.69) is 5.10 Å². The summed E-state index contributed by atoms with van der Waals surface area (Å²) in [4.78, 5) is 27.2. The first-order valence-corrected chi connectivity index (χ1v) is 10.4. The van der Waals surface area contributed by atoms with Crippen molar-refractivity contribution < 1.29 is 18.0 Å². The minimum absolute atomic E-state index is 0.00817. The molecule has 2 fully saturated rings. The number of halogens is 3. The van der Waals surface area contributed by atoms with Crippen LogP contribution in [0.2, 0.25) is 0 Å². The number of carbonyl (C=O) groups is 1. The first kappa shape index (κ1) is 19.4. The molecule has 1 atom stereocenters. The van der Waals surface area contributed by atoms with Gasteiger partial charge in [-0.15, -0.1) is 0 Å². The van der Waals surface area contributed by atoms with Crippen LogP contribution in [0.3, 0.4) is 0 Å². The molecule has 0 N–H and O–H groups in total. The van der Waals surface area contributed by atoms with Crippen LogP contribution in [0.5, 0.6) is 0 Å². The van der Waals surface area contributed by atoms with E-state index in [1.54, 1.807) is 12.1 Å². The van der Waals surface area contributed by atoms with E-state index >= 15 is 0 Å². The number of fused-ring (bicyclic) bond motifs is 1. The minimum Gasteiger partial charge on any atom is -0.335 e. The van der Waals surface area contributed by atoms with Crippen LogP contribution in [0.1, 0.15) is 49.5 Å². The Morgan fingerprint density at radius 2 is 1.90 bits per heavy atom. The smallest absolute Gasteiger partial charge is 0.335 e. The Balaban J connectivity index is 1.42. The summed E-state index contributed by atoms with van der Waals surface area (Å²) in [7, 11) is 0. The Morgan fingerprint density at radius 1 is 1.17 bits per heavy atom. The Kier molecular flexibility index (Phi) is 4.34. The standard InChI is InChI=1S/C21H23F3N4O2/c22-15-6-4-14(5-7-15)20(8-9-20)12-27-19(30)28-16(2-1-3-17(28)25-27)18(29)26-11-10-21(23,24)13-26/h4-7,16H,1-3,8-13H2. The monoisotopic (exact) mass is 420 g/mol. The number of nitrogens with zero attached hydrogens (tertiary/aromatic N) is 4. The molecule has 30 heavy (non-hydrogen) atoms. The normalized spacial score (nSPS) is 24.0. The highest BCUT2D eigenvalue weighted by Gasteiger charge is 2.47. The average Bonchev–Trinajstić information content (AvgIpc) is 3.31. The number of benzene rings is 1. The zero-order chi connectivity index (χ0) is 21.1. The highest BCUT2D eigenvalue weighted by Crippen LogP contribution is 2.49. The third-order valence-electron chi connectivity index (χ3n) is 6.66. The van der Waals surface area contributed by atoms with Gasteiger partial charge in [0.15, 0.2) is 0 Å². The van der Waals surface area contributed by atoms with Crippen molar-refractivity contribution >= 4 is 5.91 Å². The number of carbonyl (C=O) groups excluding carboxylic acids is 1. The van der Waals surface area contributed by atoms with Gasteiger partial charge in [0.05, 0.1) is 13.1 Å². The Morgan fingerprint density at radius 3 is 2.53 bits per heavy atom. The first-order valence-electron chi connectivity index (χ1n) is 10.4. The molecule has 160 valence electrons. The number of amides is 1. The van der Waals surface area contributed by atoms with Gasteiger partial charge >= 0.3 is 5.69 Å². The Bertz CT molecular complexity index is 1040. The lowest BCUT2D eigenvalue weighted by Crippen LogP contribution is -2.42. The number of hydrogen-bond donors (Lipinski definition) is 0. The van der Waals surface area contributed by atoms with Crippen LogP contribution in [0.15, 0.2) is 29.1 Å². The van der Waals surface area contributed by atoms with Crippen molar-refractivity contribution in [3.63, 3.8) is 0 Å². The summed E-state index contributed by atoms with van der Waals surface area (Å²) in [6.45, 7) is -0.220. The van der Waals surface area contributed by atoms with Crippen LogP contribution in [0, 0.1) is 5.82 Å². The Hall–Kier alpha value is -2.58. The van der Waals surface area contributed by atoms with E-state index in [9.17, 15) is 22.8 Å². The van der Waals surface area contributed by atoms with Crippen LogP contribution in [-0.2, 0) is 23.2 Å². The highest BCUT2D eigenvalue weighted by atomic mass is 19.3. The molecule has 0 spiro atoms. The summed E-state index contributed by atoms with van der Waals surface area (Å²) in [6, 6.07) is 5.53. The molecule has 3 heterocycles. The molecule has 6 nitrogen and oxygen atoms in total. The highest BCUT2D eigenvalue weighted by molar-refractivity contribution is 5.81. The van der Waals surface area contributed by atoms with Crippen LogP contribution in [-0.4, -0.2) is 44.2 Å². The lowest BCUT2D eigenvalue weighted by Gasteiger charge is -2.27. The number of aryl methyl sites for hydroxylation is 1. The topological polar surface area (TPSA) is 60.1 Å². The minimum atomic E-state index is -2.87. The molecule has 1 amide bonds. The molecule has 1 saturated heterocycles. The second kappa shape index (κ2) is 6.72. The lowest BCUT2D eigenvalue weighted by molar-refractivity contribution is -0.135. The fourth-order valence-electron chi connectivity index (χ4n) is 4.78. The van der Waals surface area contributed by atoms with E-state index < -0.39 is 24.4 Å². The fraction of sp³-hybridized carbons (Fsp3) is 0.571. The molecule has 2 aromatic rings. The van der Waals surface area contributed by atoms with Gasteiger partial charge in [-0.25, -0.2) is 22.6 Å². The molecule has 1 aliphatic carbocycles. The van der Waals surface area contributed by atoms with Gasteiger partial charge in [-0.3, -0.25) is 9.36 Å². The van der Waals surface area contributed by atoms with E-state index in [1.165, 1.54) is 26.3 Å². The molecule has 3 aliphatic rings. The molecule has 2 aliphatic heterocycles. The predicted molar refractivity (Wildman–Crippen MR) is 102 cm³/mol. The van der Waals surface area contributed by atoms with Crippen molar-refractivity contribution in [2.24, 2.45) is 0 Å². The van der Waals surface area contributed by atoms with Crippen molar-refractivity contribution in [3.8, 4) is 0 Å². The molecule has 1 unspecified atom stereocenters. The van der Waals surface area contributed by atoms with Crippen molar-refractivity contribution in [2.75, 3.05) is 13.1 Å². The van der Waals surface area contributed by atoms with Gasteiger partial charge in [0, 0.05) is 24.8 Å². The summed E-state index contributed by atoms with van der Waals surface area (Å²) in [5.74, 6) is -3.06. The van der Waals surface area contributed by atoms with Crippen LogP contribution < -0.4 is 5.69 Å². The molecule has 0 bridgehead atoms. The maximum Gasteiger partial charge on any atom is 0.346 e.